The first-order valence-corrected chi connectivity index (χ1v) is 9.32. The van der Waals surface area contributed by atoms with Crippen LogP contribution in [0.4, 0.5) is 0 Å². The third-order valence-electron chi connectivity index (χ3n) is 4.80. The second-order valence-electron chi connectivity index (χ2n) is 6.84. The van der Waals surface area contributed by atoms with Crippen LogP contribution in [-0.2, 0) is 6.42 Å². The number of guanidine groups is 1. The summed E-state index contributed by atoms with van der Waals surface area (Å²) in [6.07, 6.45) is 5.99. The topological polar surface area (TPSA) is 75.1 Å². The van der Waals surface area contributed by atoms with Gasteiger partial charge in [0, 0.05) is 13.1 Å². The number of aliphatic imine (C=N–C) groups is 1. The van der Waals surface area contributed by atoms with E-state index in [1.165, 1.54) is 12.0 Å². The van der Waals surface area contributed by atoms with E-state index in [2.05, 4.69) is 21.7 Å². The molecule has 0 unspecified atom stereocenters. The van der Waals surface area contributed by atoms with Crippen molar-refractivity contribution in [3.8, 4) is 11.5 Å². The molecule has 3 rings (SSSR count). The van der Waals surface area contributed by atoms with Gasteiger partial charge in [-0.3, -0.25) is 4.99 Å². The number of rotatable bonds is 6. The molecule has 26 heavy (non-hydrogen) atoms. The lowest BCUT2D eigenvalue weighted by atomic mass is 9.85. The molecule has 1 aromatic rings. The van der Waals surface area contributed by atoms with Crippen LogP contribution in [0.2, 0.25) is 0 Å². The molecule has 0 atom stereocenters. The molecule has 1 heterocycles. The molecule has 0 aromatic heterocycles. The summed E-state index contributed by atoms with van der Waals surface area (Å²) in [5.41, 5.74) is 0.566. The number of aliphatic hydroxyl groups is 1. The lowest BCUT2D eigenvalue weighted by Gasteiger charge is -2.30. The Bertz CT molecular complexity index is 604. The van der Waals surface area contributed by atoms with Crippen LogP contribution in [0.15, 0.2) is 23.2 Å². The Labute approximate surface area is 172 Å². The van der Waals surface area contributed by atoms with Crippen molar-refractivity contribution in [3.63, 3.8) is 0 Å². The summed E-state index contributed by atoms with van der Waals surface area (Å²) in [5, 5.41) is 17.2. The maximum atomic E-state index is 10.6. The average Bonchev–Trinajstić information content (AvgIpc) is 3.08. The van der Waals surface area contributed by atoms with Gasteiger partial charge < -0.3 is 25.2 Å². The molecule has 0 bridgehead atoms. The zero-order valence-corrected chi connectivity index (χ0v) is 17.8. The summed E-state index contributed by atoms with van der Waals surface area (Å²) in [6.45, 7) is 4.38. The van der Waals surface area contributed by atoms with Crippen molar-refractivity contribution in [2.75, 3.05) is 26.4 Å². The molecule has 1 aliphatic carbocycles. The minimum Gasteiger partial charge on any atom is -0.454 e. The quantitative estimate of drug-likeness (QED) is 0.335. The van der Waals surface area contributed by atoms with Gasteiger partial charge in [0.25, 0.3) is 0 Å². The molecular formula is C19H30IN3O3. The van der Waals surface area contributed by atoms with Crippen molar-refractivity contribution in [1.82, 2.24) is 10.6 Å². The number of fused-ring (bicyclic) bond motifs is 1. The normalized spacial score (nSPS) is 18.2. The molecule has 7 heteroatoms. The summed E-state index contributed by atoms with van der Waals surface area (Å²) >= 11 is 0. The zero-order chi connectivity index (χ0) is 17.5. The Kier molecular flexibility index (Phi) is 8.27. The highest BCUT2D eigenvalue weighted by Gasteiger charge is 2.28. The van der Waals surface area contributed by atoms with Crippen molar-refractivity contribution in [2.24, 2.45) is 4.99 Å². The van der Waals surface area contributed by atoms with E-state index in [0.29, 0.717) is 13.3 Å². The fourth-order valence-corrected chi connectivity index (χ4v) is 3.36. The van der Waals surface area contributed by atoms with Gasteiger partial charge in [0.05, 0.1) is 12.1 Å². The summed E-state index contributed by atoms with van der Waals surface area (Å²) < 4.78 is 10.8. The smallest absolute Gasteiger partial charge is 0.231 e. The Morgan fingerprint density at radius 2 is 1.92 bits per heavy atom. The monoisotopic (exact) mass is 475 g/mol. The molecule has 6 nitrogen and oxygen atoms in total. The molecule has 146 valence electrons. The lowest BCUT2D eigenvalue weighted by molar-refractivity contribution is 0.0131. The van der Waals surface area contributed by atoms with Crippen molar-refractivity contribution in [1.29, 1.82) is 0 Å². The van der Waals surface area contributed by atoms with Crippen molar-refractivity contribution >= 4 is 29.9 Å². The predicted molar refractivity (Wildman–Crippen MR) is 114 cm³/mol. The maximum Gasteiger partial charge on any atom is 0.231 e. The van der Waals surface area contributed by atoms with Crippen LogP contribution in [0.5, 0.6) is 11.5 Å². The minimum atomic E-state index is -0.627. The zero-order valence-electron chi connectivity index (χ0n) is 15.4. The summed E-state index contributed by atoms with van der Waals surface area (Å²) in [6, 6.07) is 6.04. The second kappa shape index (κ2) is 10.2. The van der Waals surface area contributed by atoms with Crippen LogP contribution < -0.4 is 20.1 Å². The van der Waals surface area contributed by atoms with Crippen molar-refractivity contribution in [3.05, 3.63) is 23.8 Å². The number of benzene rings is 1. The van der Waals surface area contributed by atoms with Crippen LogP contribution in [0.25, 0.3) is 0 Å². The van der Waals surface area contributed by atoms with Gasteiger partial charge in [0.15, 0.2) is 17.5 Å². The van der Waals surface area contributed by atoms with E-state index < -0.39 is 5.60 Å². The van der Waals surface area contributed by atoms with Gasteiger partial charge in [0.2, 0.25) is 6.79 Å². The summed E-state index contributed by atoms with van der Waals surface area (Å²) in [5.74, 6) is 2.40. The van der Waals surface area contributed by atoms with E-state index in [-0.39, 0.29) is 24.0 Å². The van der Waals surface area contributed by atoms with Crippen molar-refractivity contribution in [2.45, 2.75) is 51.0 Å². The predicted octanol–water partition coefficient (Wildman–Crippen LogP) is 2.83. The number of ether oxygens (including phenoxy) is 2. The van der Waals surface area contributed by atoms with Gasteiger partial charge in [-0.2, -0.15) is 0 Å². The van der Waals surface area contributed by atoms with Gasteiger partial charge >= 0.3 is 0 Å². The highest BCUT2D eigenvalue weighted by atomic mass is 127. The van der Waals surface area contributed by atoms with E-state index in [4.69, 9.17) is 9.47 Å². The van der Waals surface area contributed by atoms with Gasteiger partial charge in [-0.25, -0.2) is 0 Å². The SMILES string of the molecule is CCNC(=NCC1(O)CCCCC1)NCCc1ccc2c(c1)OCO2.I. The third-order valence-corrected chi connectivity index (χ3v) is 4.80. The molecular weight excluding hydrogens is 445 g/mol. The van der Waals surface area contributed by atoms with Crippen LogP contribution >= 0.6 is 24.0 Å². The number of nitrogens with one attached hydrogen (secondary N) is 2. The number of nitrogens with zero attached hydrogens (tertiary/aromatic N) is 1. The highest BCUT2D eigenvalue weighted by Crippen LogP contribution is 2.32. The maximum absolute atomic E-state index is 10.6. The molecule has 0 amide bonds. The fourth-order valence-electron chi connectivity index (χ4n) is 3.36. The average molecular weight is 475 g/mol. The Hall–Kier alpha value is -1.22. The van der Waals surface area contributed by atoms with Crippen LogP contribution in [0.1, 0.15) is 44.6 Å². The number of hydrogen-bond donors (Lipinski definition) is 3. The largest absolute Gasteiger partial charge is 0.454 e. The molecule has 1 aliphatic heterocycles. The Balaban J connectivity index is 0.00000243. The highest BCUT2D eigenvalue weighted by molar-refractivity contribution is 14.0. The molecule has 3 N–H and O–H groups in total. The lowest BCUT2D eigenvalue weighted by Crippen LogP contribution is -2.41. The molecule has 2 aliphatic rings. The van der Waals surface area contributed by atoms with Gasteiger partial charge in [0.1, 0.15) is 0 Å². The van der Waals surface area contributed by atoms with E-state index in [0.717, 1.165) is 62.7 Å². The molecule has 1 saturated carbocycles. The first kappa shape index (κ1) is 21.1. The van der Waals surface area contributed by atoms with E-state index >= 15 is 0 Å². The van der Waals surface area contributed by atoms with Crippen LogP contribution in [0.3, 0.4) is 0 Å². The van der Waals surface area contributed by atoms with E-state index in [1.54, 1.807) is 0 Å². The Morgan fingerprint density at radius 3 is 2.69 bits per heavy atom. The molecule has 0 saturated heterocycles. The number of hydrogen-bond acceptors (Lipinski definition) is 4. The minimum absolute atomic E-state index is 0. The fraction of sp³-hybridized carbons (Fsp3) is 0.632. The number of halogens is 1. The molecule has 1 fully saturated rings. The summed E-state index contributed by atoms with van der Waals surface area (Å²) in [7, 11) is 0. The summed E-state index contributed by atoms with van der Waals surface area (Å²) in [4.78, 5) is 4.60. The van der Waals surface area contributed by atoms with E-state index in [1.807, 2.05) is 19.1 Å². The molecule has 0 spiro atoms. The molecule has 1 aromatic carbocycles. The van der Waals surface area contributed by atoms with Gasteiger partial charge in [-0.1, -0.05) is 25.3 Å². The first-order chi connectivity index (χ1) is 12.2. The van der Waals surface area contributed by atoms with Crippen LogP contribution in [0, 0.1) is 0 Å². The van der Waals surface area contributed by atoms with Crippen LogP contribution in [-0.4, -0.2) is 43.1 Å². The van der Waals surface area contributed by atoms with E-state index in [9.17, 15) is 5.11 Å². The second-order valence-corrected chi connectivity index (χ2v) is 6.84. The first-order valence-electron chi connectivity index (χ1n) is 9.32. The molecule has 0 radical (unpaired) electrons. The van der Waals surface area contributed by atoms with Gasteiger partial charge in [-0.05, 0) is 43.9 Å². The third kappa shape index (κ3) is 5.90. The van der Waals surface area contributed by atoms with Crippen molar-refractivity contribution < 1.29 is 14.6 Å². The standard InChI is InChI=1S/C19H29N3O3.HI/c1-2-20-18(22-13-19(23)9-4-3-5-10-19)21-11-8-15-6-7-16-17(12-15)25-14-24-16;/h6-7,12,23H,2-5,8-11,13-14H2,1H3,(H2,20,21,22);1H. The Morgan fingerprint density at radius 1 is 1.15 bits per heavy atom. The van der Waals surface area contributed by atoms with Gasteiger partial charge in [-0.15, -0.1) is 24.0 Å².